The van der Waals surface area contributed by atoms with Crippen molar-refractivity contribution in [1.29, 1.82) is 0 Å². The Morgan fingerprint density at radius 1 is 0.409 bits per heavy atom. The second-order valence-corrected chi connectivity index (χ2v) is 12.2. The normalized spacial score (nSPS) is 12.4. The predicted molar refractivity (Wildman–Crippen MR) is 175 cm³/mol. The topological polar surface area (TPSA) is 109 Å². The molecule has 4 aromatic carbocycles. The second kappa shape index (κ2) is 8.87. The summed E-state index contributed by atoms with van der Waals surface area (Å²) in [5, 5.41) is 3.91. The van der Waals surface area contributed by atoms with Gasteiger partial charge in [-0.2, -0.15) is 0 Å². The number of aromatic amines is 2. The third kappa shape index (κ3) is 3.64. The van der Waals surface area contributed by atoms with Gasteiger partial charge in [-0.05, 0) is 11.0 Å². The van der Waals surface area contributed by atoms with Crippen LogP contribution in [0.5, 0.6) is 0 Å². The van der Waals surface area contributed by atoms with Crippen LogP contribution in [0.15, 0.2) is 91.0 Å². The number of benzene rings is 4. The quantitative estimate of drug-likeness (QED) is 0.190. The molecule has 0 unspecified atom stereocenters. The number of rotatable bonds is 0. The molecule has 8 nitrogen and oxygen atoms in total. The summed E-state index contributed by atoms with van der Waals surface area (Å²) in [6.07, 6.45) is 0. The molecule has 0 amide bonds. The number of fused-ring (bicyclic) bond motifs is 20. The first-order valence-electron chi connectivity index (χ1n) is 14.7. The maximum atomic E-state index is 5.19. The van der Waals surface area contributed by atoms with E-state index in [4.69, 9.17) is 29.9 Å². The molecule has 5 heterocycles. The van der Waals surface area contributed by atoms with E-state index in [1.807, 2.05) is 72.8 Å². The molecule has 0 fully saturated rings. The van der Waals surface area contributed by atoms with Crippen molar-refractivity contribution in [2.75, 3.05) is 0 Å². The van der Waals surface area contributed by atoms with E-state index in [1.165, 1.54) is 5.56 Å². The van der Waals surface area contributed by atoms with Crippen LogP contribution >= 0.6 is 0 Å². The van der Waals surface area contributed by atoms with E-state index in [-0.39, 0.29) is 5.41 Å². The van der Waals surface area contributed by atoms with Crippen LogP contribution in [0.4, 0.5) is 0 Å². The zero-order valence-electron chi connectivity index (χ0n) is 24.3. The Kier molecular flexibility index (Phi) is 5.00. The van der Waals surface area contributed by atoms with Gasteiger partial charge in [-0.15, -0.1) is 0 Å². The number of nitrogens with one attached hydrogen (secondary N) is 2. The number of aromatic nitrogens is 8. The number of hydrogen-bond acceptors (Lipinski definition) is 6. The van der Waals surface area contributed by atoms with E-state index in [0.717, 1.165) is 43.8 Å². The Morgan fingerprint density at radius 2 is 0.795 bits per heavy atom. The van der Waals surface area contributed by atoms with Crippen molar-refractivity contribution >= 4 is 44.1 Å². The van der Waals surface area contributed by atoms with Crippen molar-refractivity contribution in [2.24, 2.45) is 0 Å². The zero-order chi connectivity index (χ0) is 29.6. The Morgan fingerprint density at radius 3 is 1.27 bits per heavy atom. The molecule has 0 saturated heterocycles. The van der Waals surface area contributed by atoms with Gasteiger partial charge in [0.05, 0.1) is 0 Å². The smallest absolute Gasteiger partial charge is 0.164 e. The molecule has 0 spiro atoms. The molecule has 8 bridgehead atoms. The third-order valence-corrected chi connectivity index (χ3v) is 8.39. The van der Waals surface area contributed by atoms with Crippen LogP contribution in [0, 0.1) is 0 Å². The lowest BCUT2D eigenvalue weighted by atomic mass is 9.84. The highest BCUT2D eigenvalue weighted by molar-refractivity contribution is 6.08. The Bertz CT molecular complexity index is 2490. The maximum Gasteiger partial charge on any atom is 0.164 e. The molecular formula is C36H26N8. The average molecular weight is 571 g/mol. The van der Waals surface area contributed by atoms with Crippen molar-refractivity contribution in [3.05, 3.63) is 96.6 Å². The van der Waals surface area contributed by atoms with Gasteiger partial charge in [0, 0.05) is 43.8 Å². The molecule has 0 aliphatic carbocycles. The molecule has 44 heavy (non-hydrogen) atoms. The minimum Gasteiger partial charge on any atom is -0.324 e. The van der Waals surface area contributed by atoms with Gasteiger partial charge in [0.15, 0.2) is 23.3 Å². The van der Waals surface area contributed by atoms with Crippen LogP contribution in [-0.2, 0) is 5.41 Å². The molecule has 210 valence electrons. The Hall–Kier alpha value is -5.76. The van der Waals surface area contributed by atoms with E-state index < -0.39 is 0 Å². The first kappa shape index (κ1) is 24.8. The van der Waals surface area contributed by atoms with Crippen molar-refractivity contribution in [3.63, 3.8) is 0 Å². The summed E-state index contributed by atoms with van der Waals surface area (Å²) in [5.74, 6) is 2.40. The molecule has 2 aliphatic heterocycles. The first-order valence-corrected chi connectivity index (χ1v) is 14.7. The maximum absolute atomic E-state index is 5.19. The lowest BCUT2D eigenvalue weighted by Gasteiger charge is -2.20. The highest BCUT2D eigenvalue weighted by Gasteiger charge is 2.24. The van der Waals surface area contributed by atoms with Crippen LogP contribution in [0.3, 0.4) is 0 Å². The largest absolute Gasteiger partial charge is 0.324 e. The summed E-state index contributed by atoms with van der Waals surface area (Å²) < 4.78 is 0. The number of H-pyrrole nitrogens is 2. The fourth-order valence-electron chi connectivity index (χ4n) is 6.32. The van der Waals surface area contributed by atoms with E-state index in [0.29, 0.717) is 45.9 Å². The number of nitrogens with zero attached hydrogens (tertiary/aromatic N) is 6. The van der Waals surface area contributed by atoms with Gasteiger partial charge in [-0.1, -0.05) is 112 Å². The van der Waals surface area contributed by atoms with Crippen molar-refractivity contribution in [2.45, 2.75) is 26.2 Å². The minimum absolute atomic E-state index is 0.131. The molecule has 0 saturated carbocycles. The minimum atomic E-state index is -0.131. The number of hydrogen-bond donors (Lipinski definition) is 2. The molecule has 0 radical (unpaired) electrons. The van der Waals surface area contributed by atoms with Gasteiger partial charge in [0.1, 0.15) is 22.6 Å². The molecule has 7 aromatic rings. The molecule has 0 atom stereocenters. The summed E-state index contributed by atoms with van der Waals surface area (Å²) in [4.78, 5) is 37.5. The summed E-state index contributed by atoms with van der Waals surface area (Å²) in [6, 6.07) is 30.6. The van der Waals surface area contributed by atoms with E-state index in [1.54, 1.807) is 0 Å². The fraction of sp³-hybridized carbons (Fsp3) is 0.111. The molecule has 3 aromatic heterocycles. The average Bonchev–Trinajstić information content (AvgIpc) is 3.76. The lowest BCUT2D eigenvalue weighted by molar-refractivity contribution is 0.596. The van der Waals surface area contributed by atoms with Crippen molar-refractivity contribution in [3.8, 4) is 45.6 Å². The van der Waals surface area contributed by atoms with E-state index in [9.17, 15) is 0 Å². The molecule has 2 aliphatic rings. The van der Waals surface area contributed by atoms with Crippen LogP contribution in [0.25, 0.3) is 89.7 Å². The molecule has 2 N–H and O–H groups in total. The van der Waals surface area contributed by atoms with E-state index in [2.05, 4.69) is 48.9 Å². The van der Waals surface area contributed by atoms with Crippen LogP contribution in [0.1, 0.15) is 26.3 Å². The van der Waals surface area contributed by atoms with Gasteiger partial charge in [-0.25, -0.2) is 29.9 Å². The lowest BCUT2D eigenvalue weighted by Crippen LogP contribution is -2.11. The second-order valence-electron chi connectivity index (χ2n) is 12.2. The van der Waals surface area contributed by atoms with Gasteiger partial charge in [0.2, 0.25) is 0 Å². The third-order valence-electron chi connectivity index (χ3n) is 8.39. The Labute approximate surface area is 252 Å². The summed E-state index contributed by atoms with van der Waals surface area (Å²) >= 11 is 0. The molecule has 9 rings (SSSR count). The highest BCUT2D eigenvalue weighted by Crippen LogP contribution is 2.38. The van der Waals surface area contributed by atoms with Gasteiger partial charge >= 0.3 is 0 Å². The Balaban J connectivity index is 1.52. The van der Waals surface area contributed by atoms with Gasteiger partial charge in [-0.3, -0.25) is 0 Å². The predicted octanol–water partition coefficient (Wildman–Crippen LogP) is 8.17. The SMILES string of the molecule is CC(C)(C)c1cccc2c3nc4nc(nc5[nH]c(nc6nc(nc([nH]3)c12)-c1ccccc1-6)c1ccccc51)-c1ccccc1-4. The van der Waals surface area contributed by atoms with E-state index >= 15 is 0 Å². The highest BCUT2D eigenvalue weighted by atomic mass is 15.1. The zero-order valence-corrected chi connectivity index (χ0v) is 24.3. The monoisotopic (exact) mass is 570 g/mol. The van der Waals surface area contributed by atoms with Crippen molar-refractivity contribution in [1.82, 2.24) is 39.9 Å². The van der Waals surface area contributed by atoms with Crippen LogP contribution in [0.2, 0.25) is 0 Å². The van der Waals surface area contributed by atoms with Crippen LogP contribution in [-0.4, -0.2) is 39.9 Å². The first-order chi connectivity index (χ1) is 21.4. The summed E-state index contributed by atoms with van der Waals surface area (Å²) in [5.41, 5.74) is 7.53. The van der Waals surface area contributed by atoms with Crippen molar-refractivity contribution < 1.29 is 0 Å². The molecule has 8 heteroatoms. The summed E-state index contributed by atoms with van der Waals surface area (Å²) in [6.45, 7) is 6.65. The molecular weight excluding hydrogens is 544 g/mol. The standard InChI is InChI=1S/C36H26N8/c1-36(2,3)26-18-10-17-25-27(26)35-43-33-24-16-9-8-15-23(24)31(41-33)39-29-20-12-5-4-11-19(20)28(37-29)38-30-21-13-6-7-14-22(21)32(40-30)42-34(25)44-35/h4-18H,1-3H3,(H2,37,38,39,40,41,42,43,44). The van der Waals surface area contributed by atoms with Gasteiger partial charge < -0.3 is 9.97 Å². The fourth-order valence-corrected chi connectivity index (χ4v) is 6.32. The van der Waals surface area contributed by atoms with Gasteiger partial charge in [0.25, 0.3) is 0 Å². The van der Waals surface area contributed by atoms with Crippen LogP contribution < -0.4 is 0 Å². The summed E-state index contributed by atoms with van der Waals surface area (Å²) in [7, 11) is 0.